The number of hydrogen-bond acceptors (Lipinski definition) is 5. The molecule has 1 atom stereocenters. The Hall–Kier alpha value is -9.81. The predicted molar refractivity (Wildman–Crippen MR) is 361 cm³/mol. The topological polar surface area (TPSA) is 22.9 Å². The molecule has 2 aliphatic heterocycles. The third-order valence-corrected chi connectivity index (χ3v) is 19.3. The number of para-hydroxylation sites is 4. The first-order chi connectivity index (χ1) is 41.9. The Morgan fingerprint density at radius 1 is 0.384 bits per heavy atom. The Kier molecular flexibility index (Phi) is 11.8. The van der Waals surface area contributed by atoms with Gasteiger partial charge in [-0.1, -0.05) is 229 Å². The molecule has 0 saturated carbocycles. The third kappa shape index (κ3) is 8.05. The second-order valence-electron chi connectivity index (χ2n) is 25.3. The van der Waals surface area contributed by atoms with E-state index in [0.29, 0.717) is 0 Å². The summed E-state index contributed by atoms with van der Waals surface area (Å²) in [5.41, 5.74) is 25.2. The Labute approximate surface area is 508 Å². The molecule has 0 N–H and O–H groups in total. The van der Waals surface area contributed by atoms with E-state index in [1.807, 2.05) is 11.8 Å². The van der Waals surface area contributed by atoms with Gasteiger partial charge in [0.1, 0.15) is 11.2 Å². The standard InChI is InChI=1S/C81H63N3OS/c1-79(2,3)56-36-44-59(45-37-56)82(58-40-32-54(33-41-58)52-20-9-7-10-21-52)62-48-49-63-67(50-62)81(65-25-14-15-27-69(65)84-70-28-16-18-30-73(70)86-74-31-19-26-66(81)77(74)84)68-51-71(76-64-24-13-17-29-72(64)85-78(76)75(63)68)83(61-46-38-57(39-47-61)80(4,5)6)60-42-34-55(35-43-60)53-22-11-8-12-23-53/h7-51H,1-6H3. The van der Waals surface area contributed by atoms with E-state index in [2.05, 4.69) is 329 Å². The molecule has 12 aromatic carbocycles. The summed E-state index contributed by atoms with van der Waals surface area (Å²) in [6.45, 7) is 13.7. The zero-order valence-corrected chi connectivity index (χ0v) is 50.0. The van der Waals surface area contributed by atoms with Gasteiger partial charge in [-0.3, -0.25) is 0 Å². The smallest absolute Gasteiger partial charge is 0.145 e. The summed E-state index contributed by atoms with van der Waals surface area (Å²) in [5, 5.41) is 2.14. The van der Waals surface area contributed by atoms with Gasteiger partial charge in [0.05, 0.1) is 33.6 Å². The second-order valence-corrected chi connectivity index (χ2v) is 26.3. The number of fused-ring (bicyclic) bond motifs is 15. The summed E-state index contributed by atoms with van der Waals surface area (Å²) in [6, 6.07) is 102. The van der Waals surface area contributed by atoms with Crippen LogP contribution in [0.4, 0.5) is 51.2 Å². The first kappa shape index (κ1) is 51.8. The predicted octanol–water partition coefficient (Wildman–Crippen LogP) is 23.1. The van der Waals surface area contributed by atoms with Crippen molar-refractivity contribution in [1.82, 2.24) is 0 Å². The Bertz CT molecular complexity index is 4780. The monoisotopic (exact) mass is 1130 g/mol. The van der Waals surface area contributed by atoms with Crippen molar-refractivity contribution in [3.05, 3.63) is 306 Å². The fourth-order valence-electron chi connectivity index (χ4n) is 14.0. The van der Waals surface area contributed by atoms with Gasteiger partial charge in [0, 0.05) is 49.2 Å². The van der Waals surface area contributed by atoms with Crippen molar-refractivity contribution >= 4 is 84.9 Å². The summed E-state index contributed by atoms with van der Waals surface area (Å²) in [4.78, 5) is 9.96. The fourth-order valence-corrected chi connectivity index (χ4v) is 15.1. The second kappa shape index (κ2) is 19.6. The molecule has 0 saturated heterocycles. The molecule has 1 unspecified atom stereocenters. The molecule has 1 aromatic heterocycles. The number of hydrogen-bond donors (Lipinski definition) is 0. The maximum absolute atomic E-state index is 7.54. The number of rotatable bonds is 8. The van der Waals surface area contributed by atoms with Crippen LogP contribution in [0.5, 0.6) is 0 Å². The molecule has 0 fully saturated rings. The van der Waals surface area contributed by atoms with Crippen LogP contribution < -0.4 is 14.7 Å². The van der Waals surface area contributed by atoms with E-state index >= 15 is 0 Å². The molecule has 3 heterocycles. The fraction of sp³-hybridized carbons (Fsp3) is 0.111. The average molecular weight is 1130 g/mol. The van der Waals surface area contributed by atoms with Gasteiger partial charge in [0.15, 0.2) is 0 Å². The van der Waals surface area contributed by atoms with E-state index < -0.39 is 5.41 Å². The van der Waals surface area contributed by atoms with Crippen molar-refractivity contribution < 1.29 is 4.42 Å². The summed E-state index contributed by atoms with van der Waals surface area (Å²) in [5.74, 6) is 0. The molecular formula is C81H63N3OS. The maximum atomic E-state index is 7.54. The molecular weight excluding hydrogens is 1060 g/mol. The van der Waals surface area contributed by atoms with E-state index in [4.69, 9.17) is 4.42 Å². The van der Waals surface area contributed by atoms with E-state index in [-0.39, 0.29) is 10.8 Å². The third-order valence-electron chi connectivity index (χ3n) is 18.2. The summed E-state index contributed by atoms with van der Waals surface area (Å²) < 4.78 is 7.54. The van der Waals surface area contributed by atoms with Crippen molar-refractivity contribution in [3.8, 4) is 33.4 Å². The van der Waals surface area contributed by atoms with Crippen LogP contribution in [-0.2, 0) is 16.2 Å². The van der Waals surface area contributed by atoms with Gasteiger partial charge >= 0.3 is 0 Å². The largest absolute Gasteiger partial charge is 0.455 e. The van der Waals surface area contributed by atoms with Gasteiger partial charge < -0.3 is 19.1 Å². The Morgan fingerprint density at radius 2 is 0.872 bits per heavy atom. The molecule has 5 heteroatoms. The van der Waals surface area contributed by atoms with Crippen LogP contribution in [0.3, 0.4) is 0 Å². The van der Waals surface area contributed by atoms with Crippen molar-refractivity contribution in [1.29, 1.82) is 0 Å². The molecule has 4 nitrogen and oxygen atoms in total. The molecule has 16 rings (SSSR count). The molecule has 0 bridgehead atoms. The molecule has 86 heavy (non-hydrogen) atoms. The molecule has 3 aliphatic rings. The average Bonchev–Trinajstić information content (AvgIpc) is 1.43. The highest BCUT2D eigenvalue weighted by Crippen LogP contribution is 2.69. The number of furan rings is 1. The van der Waals surface area contributed by atoms with Gasteiger partial charge in [-0.25, -0.2) is 0 Å². The molecule has 414 valence electrons. The van der Waals surface area contributed by atoms with Gasteiger partial charge in [0.2, 0.25) is 0 Å². The van der Waals surface area contributed by atoms with Crippen LogP contribution in [0.1, 0.15) is 74.9 Å². The summed E-state index contributed by atoms with van der Waals surface area (Å²) in [7, 11) is 0. The van der Waals surface area contributed by atoms with Crippen molar-refractivity contribution in [2.45, 2.75) is 67.6 Å². The van der Waals surface area contributed by atoms with E-state index in [0.717, 1.165) is 72.9 Å². The Balaban J connectivity index is 1.01. The van der Waals surface area contributed by atoms with Crippen molar-refractivity contribution in [2.24, 2.45) is 0 Å². The van der Waals surface area contributed by atoms with Crippen LogP contribution in [0.2, 0.25) is 0 Å². The molecule has 0 amide bonds. The van der Waals surface area contributed by atoms with Crippen LogP contribution in [0.25, 0.3) is 55.3 Å². The number of nitrogens with zero attached hydrogens (tertiary/aromatic N) is 3. The normalized spacial score (nSPS) is 14.6. The minimum Gasteiger partial charge on any atom is -0.455 e. The first-order valence-electron chi connectivity index (χ1n) is 30.0. The first-order valence-corrected chi connectivity index (χ1v) is 30.8. The molecule has 1 spiro atoms. The van der Waals surface area contributed by atoms with Gasteiger partial charge in [-0.2, -0.15) is 0 Å². The summed E-state index contributed by atoms with van der Waals surface area (Å²) >= 11 is 1.87. The van der Waals surface area contributed by atoms with Crippen LogP contribution >= 0.6 is 11.8 Å². The zero-order valence-electron chi connectivity index (χ0n) is 49.1. The molecule has 0 radical (unpaired) electrons. The number of anilines is 9. The van der Waals surface area contributed by atoms with Crippen LogP contribution in [0, 0.1) is 0 Å². The maximum Gasteiger partial charge on any atom is 0.145 e. The van der Waals surface area contributed by atoms with Crippen molar-refractivity contribution in [2.75, 3.05) is 14.7 Å². The van der Waals surface area contributed by atoms with Crippen LogP contribution in [0.15, 0.2) is 287 Å². The lowest BCUT2D eigenvalue weighted by Crippen LogP contribution is -2.37. The van der Waals surface area contributed by atoms with E-state index in [1.54, 1.807) is 0 Å². The van der Waals surface area contributed by atoms with E-state index in [1.165, 1.54) is 76.8 Å². The molecule has 13 aromatic rings. The van der Waals surface area contributed by atoms with Gasteiger partial charge in [-0.05, 0) is 169 Å². The van der Waals surface area contributed by atoms with E-state index in [9.17, 15) is 0 Å². The zero-order chi connectivity index (χ0) is 58.1. The van der Waals surface area contributed by atoms with Crippen LogP contribution in [-0.4, -0.2) is 0 Å². The number of benzene rings is 12. The van der Waals surface area contributed by atoms with Gasteiger partial charge in [-0.15, -0.1) is 0 Å². The van der Waals surface area contributed by atoms with Crippen molar-refractivity contribution in [3.63, 3.8) is 0 Å². The highest BCUT2D eigenvalue weighted by molar-refractivity contribution is 7.99. The lowest BCUT2D eigenvalue weighted by Gasteiger charge is -2.47. The quantitative estimate of drug-likeness (QED) is 0.151. The lowest BCUT2D eigenvalue weighted by molar-refractivity contribution is 0.590. The summed E-state index contributed by atoms with van der Waals surface area (Å²) in [6.07, 6.45) is 0. The minimum atomic E-state index is -0.855. The highest BCUT2D eigenvalue weighted by atomic mass is 32.2. The SMILES string of the molecule is CC(C)(C)c1ccc(N(c2ccc(-c3ccccc3)cc2)c2ccc3c(c2)C2(c4ccccc4N4c5ccccc5Sc5cccc2c54)c2cc(N(c4ccc(-c5ccccc5)cc4)c4ccc(C(C)(C)C)cc4)c4c(oc5ccccc54)c2-3)cc1. The van der Waals surface area contributed by atoms with Gasteiger partial charge in [0.25, 0.3) is 0 Å². The minimum absolute atomic E-state index is 0.0137. The lowest BCUT2D eigenvalue weighted by atomic mass is 9.64. The molecule has 1 aliphatic carbocycles. The highest BCUT2D eigenvalue weighted by Gasteiger charge is 2.55. The Morgan fingerprint density at radius 3 is 1.49 bits per heavy atom.